The minimum absolute atomic E-state index is 0.0795. The zero-order valence-corrected chi connectivity index (χ0v) is 11.9. The Morgan fingerprint density at radius 3 is 2.71 bits per heavy atom. The molecule has 2 aromatic rings. The van der Waals surface area contributed by atoms with Crippen LogP contribution in [0.25, 0.3) is 11.0 Å². The van der Waals surface area contributed by atoms with E-state index in [1.807, 2.05) is 0 Å². The predicted molar refractivity (Wildman–Crippen MR) is 73.0 cm³/mol. The highest BCUT2D eigenvalue weighted by atomic mass is 35.5. The Labute approximate surface area is 123 Å². The van der Waals surface area contributed by atoms with Crippen LogP contribution in [0.5, 0.6) is 0 Å². The number of benzene rings is 1. The van der Waals surface area contributed by atoms with Gasteiger partial charge >= 0.3 is 6.18 Å². The van der Waals surface area contributed by atoms with E-state index in [0.29, 0.717) is 24.4 Å². The van der Waals surface area contributed by atoms with E-state index < -0.39 is 11.7 Å². The summed E-state index contributed by atoms with van der Waals surface area (Å²) < 4.78 is 39.8. The highest BCUT2D eigenvalue weighted by Crippen LogP contribution is 2.31. The van der Waals surface area contributed by atoms with Crippen molar-refractivity contribution in [1.29, 1.82) is 0 Å². The van der Waals surface area contributed by atoms with Crippen molar-refractivity contribution in [3.05, 3.63) is 29.6 Å². The second-order valence-corrected chi connectivity index (χ2v) is 4.76. The maximum atomic E-state index is 12.7. The molecule has 8 heteroatoms. The average molecular weight is 320 g/mol. The molecule has 0 aliphatic heterocycles. The number of hydrogen-bond acceptors (Lipinski definition) is 2. The van der Waals surface area contributed by atoms with Gasteiger partial charge in [-0.1, -0.05) is 0 Å². The number of alkyl halides is 4. The largest absolute Gasteiger partial charge is 0.416 e. The van der Waals surface area contributed by atoms with Gasteiger partial charge in [0.25, 0.3) is 0 Å². The molecule has 0 aliphatic carbocycles. The van der Waals surface area contributed by atoms with Gasteiger partial charge in [-0.15, -0.1) is 11.6 Å². The van der Waals surface area contributed by atoms with Gasteiger partial charge in [0.05, 0.1) is 22.5 Å². The molecule has 0 atom stereocenters. The van der Waals surface area contributed by atoms with Crippen LogP contribution in [0, 0.1) is 0 Å². The Bertz CT molecular complexity index is 666. The zero-order chi connectivity index (χ0) is 15.6. The molecule has 0 spiro atoms. The quantitative estimate of drug-likeness (QED) is 0.881. The molecule has 0 saturated heterocycles. The van der Waals surface area contributed by atoms with E-state index in [1.165, 1.54) is 13.0 Å². The molecule has 2 rings (SSSR count). The van der Waals surface area contributed by atoms with Gasteiger partial charge in [-0.25, -0.2) is 4.98 Å². The molecule has 0 saturated carbocycles. The molecule has 21 heavy (non-hydrogen) atoms. The highest BCUT2D eigenvalue weighted by molar-refractivity contribution is 6.16. The summed E-state index contributed by atoms with van der Waals surface area (Å²) in [5.74, 6) is 0.373. The summed E-state index contributed by atoms with van der Waals surface area (Å²) in [6.07, 6.45) is -4.41. The lowest BCUT2D eigenvalue weighted by atomic mass is 10.2. The Balaban J connectivity index is 2.38. The smallest absolute Gasteiger partial charge is 0.355 e. The molecule has 1 heterocycles. The number of carbonyl (C=O) groups excluding carboxylic acids is 1. The summed E-state index contributed by atoms with van der Waals surface area (Å²) >= 11 is 5.78. The van der Waals surface area contributed by atoms with Gasteiger partial charge in [0.15, 0.2) is 0 Å². The molecule has 1 N–H and O–H groups in total. The summed E-state index contributed by atoms with van der Waals surface area (Å²) in [4.78, 5) is 15.0. The second kappa shape index (κ2) is 5.93. The Morgan fingerprint density at radius 2 is 2.14 bits per heavy atom. The fourth-order valence-corrected chi connectivity index (χ4v) is 2.26. The summed E-state index contributed by atoms with van der Waals surface area (Å²) in [7, 11) is 0. The van der Waals surface area contributed by atoms with Crippen molar-refractivity contribution < 1.29 is 18.0 Å². The van der Waals surface area contributed by atoms with Gasteiger partial charge in [0.2, 0.25) is 5.91 Å². The van der Waals surface area contributed by atoms with Crippen molar-refractivity contribution in [3.63, 3.8) is 0 Å². The standard InChI is InChI=1S/C13H13ClF3N3O/c1-8(21)18-4-5-20-11-3-2-9(13(15,16)17)6-10(11)19-12(20)7-14/h2-3,6H,4-5,7H2,1H3,(H,18,21). The lowest BCUT2D eigenvalue weighted by Crippen LogP contribution is -2.24. The number of carbonyl (C=O) groups is 1. The number of hydrogen-bond donors (Lipinski definition) is 1. The third-order valence-electron chi connectivity index (χ3n) is 2.98. The molecule has 0 fully saturated rings. The Kier molecular flexibility index (Phi) is 4.41. The van der Waals surface area contributed by atoms with E-state index in [0.717, 1.165) is 12.1 Å². The predicted octanol–water partition coefficient (Wildman–Crippen LogP) is 2.93. The number of amides is 1. The van der Waals surface area contributed by atoms with Crippen LogP contribution in [-0.2, 0) is 23.4 Å². The van der Waals surface area contributed by atoms with Crippen molar-refractivity contribution in [2.75, 3.05) is 6.54 Å². The first-order valence-corrected chi connectivity index (χ1v) is 6.73. The van der Waals surface area contributed by atoms with Gasteiger partial charge in [-0.2, -0.15) is 13.2 Å². The van der Waals surface area contributed by atoms with Gasteiger partial charge in [-0.05, 0) is 18.2 Å². The molecule has 1 aromatic heterocycles. The van der Waals surface area contributed by atoms with Crippen molar-refractivity contribution in [1.82, 2.24) is 14.9 Å². The molecule has 0 unspecified atom stereocenters. The topological polar surface area (TPSA) is 46.9 Å². The minimum atomic E-state index is -4.41. The number of aromatic nitrogens is 2. The first-order valence-electron chi connectivity index (χ1n) is 6.19. The number of rotatable bonds is 4. The normalized spacial score (nSPS) is 11.9. The Hall–Kier alpha value is -1.76. The zero-order valence-electron chi connectivity index (χ0n) is 11.2. The van der Waals surface area contributed by atoms with Crippen LogP contribution in [0.3, 0.4) is 0 Å². The SMILES string of the molecule is CC(=O)NCCn1c(CCl)nc2cc(C(F)(F)F)ccc21. The van der Waals surface area contributed by atoms with Crippen molar-refractivity contribution in [2.45, 2.75) is 25.5 Å². The molecular weight excluding hydrogens is 307 g/mol. The first kappa shape index (κ1) is 15.6. The van der Waals surface area contributed by atoms with Crippen LogP contribution < -0.4 is 5.32 Å². The van der Waals surface area contributed by atoms with Crippen LogP contribution in [0.4, 0.5) is 13.2 Å². The van der Waals surface area contributed by atoms with Crippen LogP contribution >= 0.6 is 11.6 Å². The van der Waals surface area contributed by atoms with E-state index in [9.17, 15) is 18.0 Å². The van der Waals surface area contributed by atoms with E-state index in [-0.39, 0.29) is 17.3 Å². The van der Waals surface area contributed by atoms with Crippen molar-refractivity contribution >= 4 is 28.5 Å². The maximum Gasteiger partial charge on any atom is 0.416 e. The number of nitrogens with zero attached hydrogens (tertiary/aromatic N) is 2. The molecular formula is C13H13ClF3N3O. The average Bonchev–Trinajstić information content (AvgIpc) is 2.74. The molecule has 1 amide bonds. The second-order valence-electron chi connectivity index (χ2n) is 4.50. The lowest BCUT2D eigenvalue weighted by Gasteiger charge is -2.09. The lowest BCUT2D eigenvalue weighted by molar-refractivity contribution is -0.137. The number of nitrogens with one attached hydrogen (secondary N) is 1. The summed E-state index contributed by atoms with van der Waals surface area (Å²) in [6.45, 7) is 2.14. The van der Waals surface area contributed by atoms with Gasteiger partial charge < -0.3 is 9.88 Å². The fourth-order valence-electron chi connectivity index (χ4n) is 2.05. The van der Waals surface area contributed by atoms with E-state index in [4.69, 9.17) is 11.6 Å². The number of halogens is 4. The van der Waals surface area contributed by atoms with E-state index >= 15 is 0 Å². The molecule has 0 bridgehead atoms. The van der Waals surface area contributed by atoms with Crippen LogP contribution in [0.1, 0.15) is 18.3 Å². The van der Waals surface area contributed by atoms with E-state index in [2.05, 4.69) is 10.3 Å². The van der Waals surface area contributed by atoms with Crippen LogP contribution in [0.15, 0.2) is 18.2 Å². The third-order valence-corrected chi connectivity index (χ3v) is 3.22. The molecule has 114 valence electrons. The highest BCUT2D eigenvalue weighted by Gasteiger charge is 2.31. The molecule has 0 aliphatic rings. The Morgan fingerprint density at radius 1 is 1.43 bits per heavy atom. The van der Waals surface area contributed by atoms with Gasteiger partial charge in [0.1, 0.15) is 5.82 Å². The summed E-state index contributed by atoms with van der Waals surface area (Å²) in [5.41, 5.74) is 0.0509. The monoisotopic (exact) mass is 319 g/mol. The third kappa shape index (κ3) is 3.47. The molecule has 4 nitrogen and oxygen atoms in total. The molecule has 1 aromatic carbocycles. The summed E-state index contributed by atoms with van der Waals surface area (Å²) in [5, 5.41) is 2.62. The minimum Gasteiger partial charge on any atom is -0.355 e. The van der Waals surface area contributed by atoms with Gasteiger partial charge in [0, 0.05) is 20.0 Å². The van der Waals surface area contributed by atoms with Crippen LogP contribution in [-0.4, -0.2) is 22.0 Å². The summed E-state index contributed by atoms with van der Waals surface area (Å²) in [6, 6.07) is 3.38. The first-order chi connectivity index (χ1) is 9.82. The van der Waals surface area contributed by atoms with E-state index in [1.54, 1.807) is 4.57 Å². The fraction of sp³-hybridized carbons (Fsp3) is 0.385. The van der Waals surface area contributed by atoms with Crippen LogP contribution in [0.2, 0.25) is 0 Å². The molecule has 0 radical (unpaired) electrons. The number of fused-ring (bicyclic) bond motifs is 1. The number of imidazole rings is 1. The van der Waals surface area contributed by atoms with Crippen molar-refractivity contribution in [3.8, 4) is 0 Å². The van der Waals surface area contributed by atoms with Gasteiger partial charge in [-0.3, -0.25) is 4.79 Å². The maximum absolute atomic E-state index is 12.7. The van der Waals surface area contributed by atoms with Crippen molar-refractivity contribution in [2.24, 2.45) is 0 Å².